The number of carbonyl (C=O) groups is 1. The number of nitrogens with zero attached hydrogens (tertiary/aromatic N) is 4. The van der Waals surface area contributed by atoms with E-state index in [1.54, 1.807) is 4.90 Å². The van der Waals surface area contributed by atoms with Crippen LogP contribution in [-0.2, 0) is 11.6 Å². The molecule has 2 aliphatic rings. The van der Waals surface area contributed by atoms with Crippen LogP contribution in [0.15, 0.2) is 30.3 Å². The monoisotopic (exact) mass is 487 g/mol. The number of hydrogen-bond acceptors (Lipinski definition) is 3. The van der Waals surface area contributed by atoms with Crippen LogP contribution in [-0.4, -0.2) is 52.2 Å². The van der Waals surface area contributed by atoms with Crippen molar-refractivity contribution >= 4 is 6.03 Å². The Hall–Kier alpha value is -3.02. The number of aromatic nitrogens is 2. The summed E-state index contributed by atoms with van der Waals surface area (Å²) >= 11 is 0. The van der Waals surface area contributed by atoms with Crippen molar-refractivity contribution in [2.24, 2.45) is 5.92 Å². The molecule has 2 aliphatic heterocycles. The second kappa shape index (κ2) is 9.56. The first-order valence-electron chi connectivity index (χ1n) is 12.1. The molecule has 4 rings (SSSR count). The molecule has 0 aliphatic carbocycles. The molecule has 9 heteroatoms. The smallest absolute Gasteiger partial charge is 0.325 e. The van der Waals surface area contributed by atoms with E-state index in [4.69, 9.17) is 0 Å². The molecule has 2 fully saturated rings. The number of likely N-dealkylation sites (tertiary alicyclic amines) is 2. The SMILES string of the molecule is CC(C)(C)c1cc(C2CC(c3ccc(C(F)(F)F)cc3)CN(C(=O)N3CCC(C#N)CC3)C2)[nH]n1. The van der Waals surface area contributed by atoms with Gasteiger partial charge in [-0.3, -0.25) is 5.10 Å². The summed E-state index contributed by atoms with van der Waals surface area (Å²) in [5, 5.41) is 16.8. The number of urea groups is 1. The number of nitrogens with one attached hydrogen (secondary N) is 1. The highest BCUT2D eigenvalue weighted by Crippen LogP contribution is 2.38. The molecular weight excluding hydrogens is 455 g/mol. The third-order valence-corrected chi connectivity index (χ3v) is 7.18. The fraction of sp³-hybridized carbons (Fsp3) is 0.577. The molecular formula is C26H32F3N5O. The molecule has 0 bridgehead atoms. The van der Waals surface area contributed by atoms with Gasteiger partial charge in [-0.05, 0) is 43.0 Å². The van der Waals surface area contributed by atoms with Gasteiger partial charge in [-0.15, -0.1) is 0 Å². The van der Waals surface area contributed by atoms with Crippen molar-refractivity contribution in [1.29, 1.82) is 5.26 Å². The Morgan fingerprint density at radius 1 is 1.06 bits per heavy atom. The quantitative estimate of drug-likeness (QED) is 0.594. The van der Waals surface area contributed by atoms with Crippen LogP contribution >= 0.6 is 0 Å². The second-order valence-electron chi connectivity index (χ2n) is 10.8. The molecule has 2 amide bonds. The summed E-state index contributed by atoms with van der Waals surface area (Å²) in [7, 11) is 0. The molecule has 2 atom stereocenters. The average Bonchev–Trinajstić information content (AvgIpc) is 3.34. The zero-order valence-corrected chi connectivity index (χ0v) is 20.4. The molecule has 35 heavy (non-hydrogen) atoms. The van der Waals surface area contributed by atoms with Crippen LogP contribution in [0.2, 0.25) is 0 Å². The molecule has 1 aromatic heterocycles. The maximum Gasteiger partial charge on any atom is 0.416 e. The first kappa shape index (κ1) is 25.1. The summed E-state index contributed by atoms with van der Waals surface area (Å²) in [5.74, 6) is -0.132. The lowest BCUT2D eigenvalue weighted by Crippen LogP contribution is -2.51. The van der Waals surface area contributed by atoms with Crippen LogP contribution in [0.25, 0.3) is 0 Å². The predicted molar refractivity (Wildman–Crippen MR) is 126 cm³/mol. The minimum atomic E-state index is -4.38. The molecule has 0 spiro atoms. The van der Waals surface area contributed by atoms with Gasteiger partial charge in [-0.25, -0.2) is 4.79 Å². The summed E-state index contributed by atoms with van der Waals surface area (Å²) in [5.41, 5.74) is 1.86. The maximum atomic E-state index is 13.4. The van der Waals surface area contributed by atoms with Gasteiger partial charge in [0.1, 0.15) is 0 Å². The molecule has 1 N–H and O–H groups in total. The van der Waals surface area contributed by atoms with Gasteiger partial charge in [0.25, 0.3) is 0 Å². The van der Waals surface area contributed by atoms with Gasteiger partial charge in [0.2, 0.25) is 0 Å². The number of rotatable bonds is 2. The Balaban J connectivity index is 1.58. The number of aromatic amines is 1. The minimum Gasteiger partial charge on any atom is -0.325 e. The van der Waals surface area contributed by atoms with E-state index in [0.717, 1.165) is 29.1 Å². The van der Waals surface area contributed by atoms with Crippen molar-refractivity contribution < 1.29 is 18.0 Å². The van der Waals surface area contributed by atoms with Crippen molar-refractivity contribution in [1.82, 2.24) is 20.0 Å². The van der Waals surface area contributed by atoms with Crippen LogP contribution in [0.5, 0.6) is 0 Å². The van der Waals surface area contributed by atoms with Gasteiger partial charge in [-0.2, -0.15) is 23.5 Å². The van der Waals surface area contributed by atoms with Crippen molar-refractivity contribution in [2.45, 2.75) is 63.5 Å². The van der Waals surface area contributed by atoms with Crippen molar-refractivity contribution in [3.05, 3.63) is 52.8 Å². The van der Waals surface area contributed by atoms with Gasteiger partial charge in [0, 0.05) is 55.0 Å². The number of piperidine rings is 2. The highest BCUT2D eigenvalue weighted by Gasteiger charge is 2.36. The summed E-state index contributed by atoms with van der Waals surface area (Å²) in [6.07, 6.45) is -2.35. The Morgan fingerprint density at radius 2 is 1.69 bits per heavy atom. The van der Waals surface area contributed by atoms with Crippen LogP contribution < -0.4 is 0 Å². The highest BCUT2D eigenvalue weighted by molar-refractivity contribution is 5.75. The summed E-state index contributed by atoms with van der Waals surface area (Å²) < 4.78 is 39.2. The zero-order chi connectivity index (χ0) is 25.4. The Bertz CT molecular complexity index is 1070. The topological polar surface area (TPSA) is 76.0 Å². The fourth-order valence-corrected chi connectivity index (χ4v) is 5.00. The average molecular weight is 488 g/mol. The summed E-state index contributed by atoms with van der Waals surface area (Å²) in [6.45, 7) is 8.29. The van der Waals surface area contributed by atoms with Gasteiger partial charge in [0.15, 0.2) is 0 Å². The minimum absolute atomic E-state index is 0.0137. The summed E-state index contributed by atoms with van der Waals surface area (Å²) in [4.78, 5) is 17.1. The third kappa shape index (κ3) is 5.63. The molecule has 2 unspecified atom stereocenters. The largest absolute Gasteiger partial charge is 0.416 e. The van der Waals surface area contributed by atoms with E-state index < -0.39 is 11.7 Å². The zero-order valence-electron chi connectivity index (χ0n) is 20.4. The number of amides is 2. The van der Waals surface area contributed by atoms with Crippen LogP contribution in [0.1, 0.15) is 74.4 Å². The number of H-pyrrole nitrogens is 1. The normalized spacial score (nSPS) is 22.2. The number of hydrogen-bond donors (Lipinski definition) is 1. The Labute approximate surface area is 204 Å². The van der Waals surface area contributed by atoms with Crippen LogP contribution in [0, 0.1) is 17.2 Å². The van der Waals surface area contributed by atoms with Gasteiger partial charge >= 0.3 is 12.2 Å². The number of halogens is 3. The highest BCUT2D eigenvalue weighted by atomic mass is 19.4. The maximum absolute atomic E-state index is 13.4. The molecule has 3 heterocycles. The standard InChI is InChI=1S/C26H32F3N5O/c1-25(2,3)23-13-22(31-32-23)20-12-19(18-4-6-21(7-5-18)26(27,28)29)15-34(16-20)24(35)33-10-8-17(14-30)9-11-33/h4-7,13,17,19-20H,8-12,15-16H2,1-3H3,(H,31,32). The number of carbonyl (C=O) groups excluding carboxylic acids is 1. The lowest BCUT2D eigenvalue weighted by Gasteiger charge is -2.41. The van der Waals surface area contributed by atoms with Crippen molar-refractivity contribution in [2.75, 3.05) is 26.2 Å². The van der Waals surface area contributed by atoms with Crippen molar-refractivity contribution in [3.8, 4) is 6.07 Å². The molecule has 1 aromatic carbocycles. The predicted octanol–water partition coefficient (Wildman–Crippen LogP) is 5.65. The number of nitriles is 1. The second-order valence-corrected chi connectivity index (χ2v) is 10.8. The third-order valence-electron chi connectivity index (χ3n) is 7.18. The number of alkyl halides is 3. The van der Waals surface area contributed by atoms with E-state index in [9.17, 15) is 23.2 Å². The van der Waals surface area contributed by atoms with E-state index in [1.165, 1.54) is 12.1 Å². The van der Waals surface area contributed by atoms with E-state index in [-0.39, 0.29) is 29.2 Å². The fourth-order valence-electron chi connectivity index (χ4n) is 5.00. The molecule has 0 saturated carbocycles. The molecule has 6 nitrogen and oxygen atoms in total. The molecule has 2 aromatic rings. The Morgan fingerprint density at radius 3 is 2.23 bits per heavy atom. The first-order chi connectivity index (χ1) is 16.5. The van der Waals surface area contributed by atoms with Gasteiger partial charge < -0.3 is 9.80 Å². The molecule has 0 radical (unpaired) electrons. The molecule has 2 saturated heterocycles. The van der Waals surface area contributed by atoms with E-state index >= 15 is 0 Å². The molecule has 188 valence electrons. The van der Waals surface area contributed by atoms with Crippen LogP contribution in [0.3, 0.4) is 0 Å². The van der Waals surface area contributed by atoms with E-state index in [2.05, 4.69) is 37.0 Å². The summed E-state index contributed by atoms with van der Waals surface area (Å²) in [6, 6.07) is 9.56. The Kier molecular flexibility index (Phi) is 6.85. The number of benzene rings is 1. The first-order valence-corrected chi connectivity index (χ1v) is 12.1. The van der Waals surface area contributed by atoms with E-state index in [1.807, 2.05) is 11.0 Å². The van der Waals surface area contributed by atoms with Gasteiger partial charge in [0.05, 0.1) is 17.3 Å². The lowest BCUT2D eigenvalue weighted by molar-refractivity contribution is -0.137. The van der Waals surface area contributed by atoms with Gasteiger partial charge in [-0.1, -0.05) is 32.9 Å². The van der Waals surface area contributed by atoms with Crippen molar-refractivity contribution in [3.63, 3.8) is 0 Å². The van der Waals surface area contributed by atoms with Crippen LogP contribution in [0.4, 0.5) is 18.0 Å². The lowest BCUT2D eigenvalue weighted by atomic mass is 9.82. The van der Waals surface area contributed by atoms with E-state index in [0.29, 0.717) is 45.4 Å².